The first kappa shape index (κ1) is 30.6. The van der Waals surface area contributed by atoms with Gasteiger partial charge in [0.25, 0.3) is 5.91 Å². The second-order valence-electron chi connectivity index (χ2n) is 8.98. The fraction of sp³-hybridized carbons (Fsp3) is 0.267. The summed E-state index contributed by atoms with van der Waals surface area (Å²) in [4.78, 5) is 52.0. The van der Waals surface area contributed by atoms with E-state index >= 15 is 0 Å². The number of ether oxygens (including phenoxy) is 1. The summed E-state index contributed by atoms with van der Waals surface area (Å²) in [5.41, 5.74) is 2.51. The van der Waals surface area contributed by atoms with Crippen molar-refractivity contribution in [3.05, 3.63) is 99.1 Å². The molecule has 0 heterocycles. The Kier molecular flexibility index (Phi) is 12.4. The number of halogens is 1. The van der Waals surface area contributed by atoms with Gasteiger partial charge in [0.1, 0.15) is 18.8 Å². The predicted octanol–water partition coefficient (Wildman–Crippen LogP) is 2.58. The number of carbonyl (C=O) groups excluding carboxylic acids is 4. The average molecular weight is 657 g/mol. The van der Waals surface area contributed by atoms with Gasteiger partial charge in [0.05, 0.1) is 13.7 Å². The van der Waals surface area contributed by atoms with Crippen LogP contribution in [0.3, 0.4) is 0 Å². The van der Waals surface area contributed by atoms with E-state index in [0.29, 0.717) is 31.5 Å². The summed E-state index contributed by atoms with van der Waals surface area (Å²) < 4.78 is 6.04. The third-order valence-corrected chi connectivity index (χ3v) is 6.65. The van der Waals surface area contributed by atoms with Crippen molar-refractivity contribution in [3.8, 4) is 5.75 Å². The molecule has 3 N–H and O–H groups in total. The number of nitrogens with one attached hydrogen (secondary N) is 3. The first-order valence-electron chi connectivity index (χ1n) is 12.9. The van der Waals surface area contributed by atoms with Gasteiger partial charge in [-0.1, -0.05) is 48.5 Å². The van der Waals surface area contributed by atoms with Crippen LogP contribution in [0.25, 0.3) is 0 Å². The van der Waals surface area contributed by atoms with Crippen LogP contribution in [0.2, 0.25) is 0 Å². The van der Waals surface area contributed by atoms with Crippen LogP contribution >= 0.6 is 22.6 Å². The minimum absolute atomic E-state index is 0.307. The topological polar surface area (TPSA) is 117 Å². The average Bonchev–Trinajstić information content (AvgIpc) is 2.96. The molecule has 0 aliphatic carbocycles. The third kappa shape index (κ3) is 10.7. The lowest BCUT2D eigenvalue weighted by molar-refractivity contribution is -0.138. The molecule has 0 saturated carbocycles. The molecule has 0 bridgehead atoms. The van der Waals surface area contributed by atoms with Gasteiger partial charge in [-0.2, -0.15) is 0 Å². The third-order valence-electron chi connectivity index (χ3n) is 5.98. The molecule has 0 aliphatic heterocycles. The summed E-state index contributed by atoms with van der Waals surface area (Å²) in [6.45, 7) is -0.214. The van der Waals surface area contributed by atoms with E-state index in [1.165, 1.54) is 0 Å². The Hall–Kier alpha value is -3.93. The zero-order chi connectivity index (χ0) is 28.7. The van der Waals surface area contributed by atoms with E-state index in [1.54, 1.807) is 25.3 Å². The van der Waals surface area contributed by atoms with Crippen molar-refractivity contribution in [1.82, 2.24) is 20.9 Å². The predicted molar refractivity (Wildman–Crippen MR) is 161 cm³/mol. The van der Waals surface area contributed by atoms with Crippen molar-refractivity contribution >= 4 is 46.2 Å². The molecule has 9 nitrogen and oxygen atoms in total. The van der Waals surface area contributed by atoms with Crippen LogP contribution in [0, 0.1) is 3.57 Å². The van der Waals surface area contributed by atoms with Crippen LogP contribution in [-0.4, -0.2) is 68.4 Å². The summed E-state index contributed by atoms with van der Waals surface area (Å²) in [6, 6.07) is 24.2. The number of hydrogen-bond acceptors (Lipinski definition) is 5. The lowest BCUT2D eigenvalue weighted by atomic mass is 10.1. The van der Waals surface area contributed by atoms with E-state index in [0.717, 1.165) is 25.3 Å². The van der Waals surface area contributed by atoms with Crippen molar-refractivity contribution in [2.75, 3.05) is 39.8 Å². The molecule has 3 aromatic carbocycles. The summed E-state index contributed by atoms with van der Waals surface area (Å²) >= 11 is 2.10. The zero-order valence-electron chi connectivity index (χ0n) is 22.3. The number of nitrogens with zero attached hydrogens (tertiary/aromatic N) is 1. The second-order valence-corrected chi connectivity index (χ2v) is 10.2. The van der Waals surface area contributed by atoms with Crippen molar-refractivity contribution in [2.45, 2.75) is 12.8 Å². The Morgan fingerprint density at radius 3 is 1.93 bits per heavy atom. The number of rotatable bonds is 14. The van der Waals surface area contributed by atoms with Crippen molar-refractivity contribution in [1.29, 1.82) is 0 Å². The number of benzene rings is 3. The molecule has 0 radical (unpaired) electrons. The summed E-state index contributed by atoms with van der Waals surface area (Å²) in [6.07, 6.45) is 1.23. The maximum atomic E-state index is 13.0. The molecule has 3 aromatic rings. The van der Waals surface area contributed by atoms with Gasteiger partial charge < -0.3 is 25.6 Å². The molecule has 0 aliphatic rings. The summed E-state index contributed by atoms with van der Waals surface area (Å²) in [5, 5.41) is 8.18. The highest BCUT2D eigenvalue weighted by Crippen LogP contribution is 2.11. The van der Waals surface area contributed by atoms with Crippen molar-refractivity contribution < 1.29 is 23.9 Å². The van der Waals surface area contributed by atoms with Gasteiger partial charge in [0.15, 0.2) is 0 Å². The molecule has 0 fully saturated rings. The molecule has 10 heteroatoms. The van der Waals surface area contributed by atoms with Gasteiger partial charge in [-0.25, -0.2) is 0 Å². The van der Waals surface area contributed by atoms with Gasteiger partial charge in [-0.3, -0.25) is 19.2 Å². The van der Waals surface area contributed by atoms with Crippen LogP contribution in [0.15, 0.2) is 78.9 Å². The number of carbonyl (C=O) groups is 4. The number of amides is 4. The van der Waals surface area contributed by atoms with Gasteiger partial charge in [0.2, 0.25) is 17.7 Å². The quantitative estimate of drug-likeness (QED) is 0.231. The maximum Gasteiger partial charge on any atom is 0.251 e. The minimum atomic E-state index is -0.539. The van der Waals surface area contributed by atoms with E-state index in [1.807, 2.05) is 60.7 Å². The molecule has 4 amide bonds. The van der Waals surface area contributed by atoms with E-state index in [2.05, 4.69) is 38.5 Å². The molecule has 3 rings (SSSR count). The molecule has 0 atom stereocenters. The molecule has 0 aromatic heterocycles. The molecule has 0 spiro atoms. The van der Waals surface area contributed by atoms with Crippen LogP contribution in [0.4, 0.5) is 0 Å². The summed E-state index contributed by atoms with van der Waals surface area (Å²) in [5.74, 6) is -0.995. The minimum Gasteiger partial charge on any atom is -0.497 e. The number of hydrogen-bond donors (Lipinski definition) is 3. The lowest BCUT2D eigenvalue weighted by Gasteiger charge is -2.22. The van der Waals surface area contributed by atoms with Gasteiger partial charge >= 0.3 is 0 Å². The fourth-order valence-electron chi connectivity index (χ4n) is 3.82. The van der Waals surface area contributed by atoms with Crippen LogP contribution in [0.1, 0.15) is 21.5 Å². The highest BCUT2D eigenvalue weighted by Gasteiger charge is 2.21. The first-order chi connectivity index (χ1) is 19.3. The largest absolute Gasteiger partial charge is 0.497 e. The maximum absolute atomic E-state index is 13.0. The molecule has 0 saturated heterocycles. The van der Waals surface area contributed by atoms with Gasteiger partial charge in [-0.15, -0.1) is 0 Å². The van der Waals surface area contributed by atoms with E-state index in [-0.39, 0.29) is 25.5 Å². The highest BCUT2D eigenvalue weighted by atomic mass is 127. The summed E-state index contributed by atoms with van der Waals surface area (Å²) in [7, 11) is 1.60. The van der Waals surface area contributed by atoms with Crippen LogP contribution in [-0.2, 0) is 27.2 Å². The van der Waals surface area contributed by atoms with Crippen LogP contribution < -0.4 is 20.7 Å². The normalized spacial score (nSPS) is 10.3. The van der Waals surface area contributed by atoms with Crippen molar-refractivity contribution in [3.63, 3.8) is 0 Å². The molecular formula is C30H33IN4O5. The van der Waals surface area contributed by atoms with Crippen LogP contribution in [0.5, 0.6) is 5.75 Å². The molecule has 0 unspecified atom stereocenters. The van der Waals surface area contributed by atoms with Crippen molar-refractivity contribution in [2.24, 2.45) is 0 Å². The van der Waals surface area contributed by atoms with E-state index in [9.17, 15) is 19.2 Å². The highest BCUT2D eigenvalue weighted by molar-refractivity contribution is 14.1. The molecule has 40 heavy (non-hydrogen) atoms. The van der Waals surface area contributed by atoms with E-state index < -0.39 is 17.7 Å². The Balaban J connectivity index is 1.54. The standard InChI is InChI=1S/C30H33IN4O5/c1-40-26-12-10-23(11-13-26)15-17-33-28(37)21-35(20-27(36)32-16-14-22-6-3-2-4-7-22)29(38)19-34-30(39)24-8-5-9-25(31)18-24/h2-13,18H,14-17,19-21H2,1H3,(H,32,36)(H,33,37)(H,34,39). The monoisotopic (exact) mass is 656 g/mol. The van der Waals surface area contributed by atoms with Gasteiger partial charge in [0, 0.05) is 22.2 Å². The molecule has 210 valence electrons. The number of methoxy groups -OCH3 is 1. The smallest absolute Gasteiger partial charge is 0.251 e. The molecular weight excluding hydrogens is 623 g/mol. The SMILES string of the molecule is COc1ccc(CCNC(=O)CN(CC(=O)NCCc2ccccc2)C(=O)CNC(=O)c2cccc(I)c2)cc1. The Morgan fingerprint density at radius 2 is 1.35 bits per heavy atom. The first-order valence-corrected chi connectivity index (χ1v) is 13.9. The fourth-order valence-corrected chi connectivity index (χ4v) is 4.36. The lowest BCUT2D eigenvalue weighted by Crippen LogP contribution is -2.49. The van der Waals surface area contributed by atoms with Gasteiger partial charge in [-0.05, 0) is 76.9 Å². The second kappa shape index (κ2) is 16.2. The Morgan fingerprint density at radius 1 is 0.750 bits per heavy atom. The zero-order valence-corrected chi connectivity index (χ0v) is 24.5. The Labute approximate surface area is 247 Å². The van der Waals surface area contributed by atoms with E-state index in [4.69, 9.17) is 4.74 Å². The Bertz CT molecular complexity index is 1280.